The lowest BCUT2D eigenvalue weighted by atomic mass is 10.1. The lowest BCUT2D eigenvalue weighted by molar-refractivity contribution is 0.0949. The van der Waals surface area contributed by atoms with Crippen molar-refractivity contribution >= 4 is 23.7 Å². The fourth-order valence-electron chi connectivity index (χ4n) is 2.76. The van der Waals surface area contributed by atoms with Gasteiger partial charge in [-0.2, -0.15) is 0 Å². The van der Waals surface area contributed by atoms with E-state index in [0.717, 1.165) is 5.56 Å². The van der Waals surface area contributed by atoms with E-state index >= 15 is 0 Å². The second kappa shape index (κ2) is 10.6. The highest BCUT2D eigenvalue weighted by Crippen LogP contribution is 2.16. The number of hydrogen-bond donors (Lipinski definition) is 3. The number of anilines is 1. The van der Waals surface area contributed by atoms with Crippen LogP contribution in [0.4, 0.5) is 10.5 Å². The number of benzene rings is 3. The Morgan fingerprint density at radius 2 is 1.59 bits per heavy atom. The number of nitrogens with one attached hydrogen (secondary N) is 2. The number of ether oxygens (including phenoxy) is 2. The van der Waals surface area contributed by atoms with Crippen molar-refractivity contribution in [1.82, 2.24) is 5.32 Å². The SMILES string of the molecule is CCOC(=O)Oc1ccc(C(=O)Nc2ccc(CNC(=O)c3cccc(O)c3)cc2)cc1. The Kier molecular flexibility index (Phi) is 7.42. The van der Waals surface area contributed by atoms with Crippen molar-refractivity contribution in [2.45, 2.75) is 13.5 Å². The second-order valence-corrected chi connectivity index (χ2v) is 6.69. The number of phenols is 1. The fourth-order valence-corrected chi connectivity index (χ4v) is 2.76. The molecule has 0 radical (unpaired) electrons. The molecule has 164 valence electrons. The Morgan fingerprint density at radius 1 is 0.875 bits per heavy atom. The summed E-state index contributed by atoms with van der Waals surface area (Å²) in [7, 11) is 0. The third kappa shape index (κ3) is 6.33. The van der Waals surface area contributed by atoms with E-state index in [1.807, 2.05) is 0 Å². The molecule has 0 saturated carbocycles. The minimum absolute atomic E-state index is 0.0268. The molecule has 0 atom stereocenters. The van der Waals surface area contributed by atoms with Gasteiger partial charge in [0.25, 0.3) is 11.8 Å². The molecule has 32 heavy (non-hydrogen) atoms. The van der Waals surface area contributed by atoms with Crippen molar-refractivity contribution in [2.24, 2.45) is 0 Å². The van der Waals surface area contributed by atoms with Crippen LogP contribution in [0.3, 0.4) is 0 Å². The van der Waals surface area contributed by atoms with E-state index < -0.39 is 6.16 Å². The second-order valence-electron chi connectivity index (χ2n) is 6.69. The molecule has 3 N–H and O–H groups in total. The molecule has 8 nitrogen and oxygen atoms in total. The number of rotatable bonds is 7. The molecular formula is C24H22N2O6. The molecule has 0 aliphatic heterocycles. The number of amides is 2. The normalized spacial score (nSPS) is 10.2. The van der Waals surface area contributed by atoms with Gasteiger partial charge in [0.2, 0.25) is 0 Å². The van der Waals surface area contributed by atoms with Crippen LogP contribution in [-0.2, 0) is 11.3 Å². The van der Waals surface area contributed by atoms with Gasteiger partial charge >= 0.3 is 6.16 Å². The number of carbonyl (C=O) groups excluding carboxylic acids is 3. The molecule has 0 aliphatic rings. The minimum atomic E-state index is -0.803. The summed E-state index contributed by atoms with van der Waals surface area (Å²) >= 11 is 0. The molecule has 3 aromatic carbocycles. The first-order valence-electron chi connectivity index (χ1n) is 9.87. The van der Waals surface area contributed by atoms with E-state index in [1.165, 1.54) is 36.4 Å². The third-order valence-corrected chi connectivity index (χ3v) is 4.35. The first-order valence-corrected chi connectivity index (χ1v) is 9.87. The minimum Gasteiger partial charge on any atom is -0.508 e. The van der Waals surface area contributed by atoms with Crippen molar-refractivity contribution in [3.05, 3.63) is 89.5 Å². The predicted octanol–water partition coefficient (Wildman–Crippen LogP) is 4.11. The standard InChI is InChI=1S/C24H22N2O6/c1-2-31-24(30)32-21-12-8-17(9-13-21)23(29)26-19-10-6-16(7-11-19)15-25-22(28)18-4-3-5-20(27)14-18/h3-14,27H,2,15H2,1H3,(H,25,28)(H,26,29). The molecule has 3 aromatic rings. The zero-order chi connectivity index (χ0) is 22.9. The quantitative estimate of drug-likeness (QED) is 0.381. The van der Waals surface area contributed by atoms with Crippen LogP contribution < -0.4 is 15.4 Å². The van der Waals surface area contributed by atoms with E-state index in [9.17, 15) is 19.5 Å². The van der Waals surface area contributed by atoms with Crippen LogP contribution in [0.2, 0.25) is 0 Å². The van der Waals surface area contributed by atoms with Crippen LogP contribution in [0.25, 0.3) is 0 Å². The summed E-state index contributed by atoms with van der Waals surface area (Å²) in [6.07, 6.45) is -0.803. The molecular weight excluding hydrogens is 412 g/mol. The fraction of sp³-hybridized carbons (Fsp3) is 0.125. The van der Waals surface area contributed by atoms with Gasteiger partial charge in [-0.3, -0.25) is 9.59 Å². The van der Waals surface area contributed by atoms with Gasteiger partial charge in [0.05, 0.1) is 6.61 Å². The van der Waals surface area contributed by atoms with Crippen LogP contribution in [-0.4, -0.2) is 29.7 Å². The van der Waals surface area contributed by atoms with E-state index in [-0.39, 0.29) is 29.9 Å². The number of phenolic OH excluding ortho intramolecular Hbond substituents is 1. The maximum absolute atomic E-state index is 12.4. The van der Waals surface area contributed by atoms with Crippen LogP contribution in [0.5, 0.6) is 11.5 Å². The lowest BCUT2D eigenvalue weighted by Crippen LogP contribution is -2.22. The largest absolute Gasteiger partial charge is 0.513 e. The van der Waals surface area contributed by atoms with Gasteiger partial charge in [0.15, 0.2) is 0 Å². The molecule has 0 fully saturated rings. The van der Waals surface area contributed by atoms with Gasteiger partial charge < -0.3 is 25.2 Å². The maximum Gasteiger partial charge on any atom is 0.513 e. The summed E-state index contributed by atoms with van der Waals surface area (Å²) in [4.78, 5) is 35.9. The highest BCUT2D eigenvalue weighted by atomic mass is 16.7. The monoisotopic (exact) mass is 434 g/mol. The number of carbonyl (C=O) groups is 3. The summed E-state index contributed by atoms with van der Waals surface area (Å²) < 4.78 is 9.66. The van der Waals surface area contributed by atoms with Crippen molar-refractivity contribution in [3.63, 3.8) is 0 Å². The van der Waals surface area contributed by atoms with E-state index in [1.54, 1.807) is 43.3 Å². The Labute approximate surface area is 184 Å². The number of hydrogen-bond acceptors (Lipinski definition) is 6. The highest BCUT2D eigenvalue weighted by molar-refractivity contribution is 6.04. The summed E-state index contributed by atoms with van der Waals surface area (Å²) in [6, 6.07) is 19.2. The summed E-state index contributed by atoms with van der Waals surface area (Å²) in [5, 5.41) is 15.0. The van der Waals surface area contributed by atoms with E-state index in [4.69, 9.17) is 9.47 Å². The molecule has 0 heterocycles. The molecule has 0 saturated heterocycles. The van der Waals surface area contributed by atoms with Crippen LogP contribution >= 0.6 is 0 Å². The van der Waals surface area contributed by atoms with Crippen molar-refractivity contribution in [1.29, 1.82) is 0 Å². The average molecular weight is 434 g/mol. The van der Waals surface area contributed by atoms with Crippen molar-refractivity contribution in [2.75, 3.05) is 11.9 Å². The summed E-state index contributed by atoms with van der Waals surface area (Å²) in [5.74, 6) is -0.317. The van der Waals surface area contributed by atoms with Crippen molar-refractivity contribution in [3.8, 4) is 11.5 Å². The van der Waals surface area contributed by atoms with E-state index in [2.05, 4.69) is 10.6 Å². The third-order valence-electron chi connectivity index (χ3n) is 4.35. The molecule has 0 aliphatic carbocycles. The first kappa shape index (κ1) is 22.4. The Balaban J connectivity index is 1.52. The van der Waals surface area contributed by atoms with E-state index in [0.29, 0.717) is 23.4 Å². The molecule has 0 bridgehead atoms. The van der Waals surface area contributed by atoms with Gasteiger partial charge in [-0.1, -0.05) is 18.2 Å². The molecule has 0 spiro atoms. The van der Waals surface area contributed by atoms with Gasteiger partial charge in [-0.05, 0) is 67.1 Å². The molecule has 0 unspecified atom stereocenters. The molecule has 3 rings (SSSR count). The summed E-state index contributed by atoms with van der Waals surface area (Å²) in [6.45, 7) is 2.18. The Bertz CT molecular complexity index is 1090. The maximum atomic E-state index is 12.4. The van der Waals surface area contributed by atoms with Crippen molar-refractivity contribution < 1.29 is 29.0 Å². The van der Waals surface area contributed by atoms with Gasteiger partial charge in [0.1, 0.15) is 11.5 Å². The average Bonchev–Trinajstić information content (AvgIpc) is 2.79. The van der Waals surface area contributed by atoms with Gasteiger partial charge in [-0.25, -0.2) is 4.79 Å². The zero-order valence-corrected chi connectivity index (χ0v) is 17.3. The lowest BCUT2D eigenvalue weighted by Gasteiger charge is -2.09. The van der Waals surface area contributed by atoms with Crippen LogP contribution in [0.1, 0.15) is 33.2 Å². The highest BCUT2D eigenvalue weighted by Gasteiger charge is 2.10. The number of aromatic hydroxyl groups is 1. The topological polar surface area (TPSA) is 114 Å². The Morgan fingerprint density at radius 3 is 2.25 bits per heavy atom. The predicted molar refractivity (Wildman–Crippen MR) is 118 cm³/mol. The summed E-state index contributed by atoms with van der Waals surface area (Å²) in [5.41, 5.74) is 2.19. The Hall–Kier alpha value is -4.33. The van der Waals surface area contributed by atoms with Gasteiger partial charge in [-0.15, -0.1) is 0 Å². The zero-order valence-electron chi connectivity index (χ0n) is 17.3. The first-order chi connectivity index (χ1) is 15.4. The van der Waals surface area contributed by atoms with Crippen LogP contribution in [0, 0.1) is 0 Å². The van der Waals surface area contributed by atoms with Gasteiger partial charge in [0, 0.05) is 23.4 Å². The molecule has 2 amide bonds. The molecule has 0 aromatic heterocycles. The van der Waals surface area contributed by atoms with Crippen LogP contribution in [0.15, 0.2) is 72.8 Å². The smallest absolute Gasteiger partial charge is 0.508 e. The molecule has 8 heteroatoms.